The van der Waals surface area contributed by atoms with E-state index >= 15 is 0 Å². The second-order valence-corrected chi connectivity index (χ2v) is 8.02. The van der Waals surface area contributed by atoms with Crippen molar-refractivity contribution in [2.45, 2.75) is 6.54 Å². The number of para-hydroxylation sites is 1. The molecule has 0 bridgehead atoms. The first-order valence-electron chi connectivity index (χ1n) is 10.2. The molecule has 0 aliphatic rings. The van der Waals surface area contributed by atoms with E-state index in [1.807, 2.05) is 0 Å². The fraction of sp³-hybridized carbons (Fsp3) is 0.125. The summed E-state index contributed by atoms with van der Waals surface area (Å²) in [4.78, 5) is 14.5. The number of rotatable bonds is 6. The summed E-state index contributed by atoms with van der Waals surface area (Å²) in [6.45, 7) is -0.0218. The standard InChI is InChI=1S/C24H20ClFN4O5/c1-29(12-13-9-14(26)7-8-21(13)35-2)23(33)16-10-15(19(31)11-20(16)32)22-27-28-24(34)30(22)18-6-4-3-5-17(18)25/h3-11,31-32H,12H2,1-2H3,(H,28,34). The Kier molecular flexibility index (Phi) is 6.48. The first kappa shape index (κ1) is 23.8. The molecule has 0 saturated carbocycles. The molecule has 0 saturated heterocycles. The highest BCUT2D eigenvalue weighted by Crippen LogP contribution is 2.38. The van der Waals surface area contributed by atoms with Crippen molar-refractivity contribution in [2.24, 2.45) is 0 Å². The fourth-order valence-electron chi connectivity index (χ4n) is 3.64. The molecule has 1 amide bonds. The molecule has 0 aliphatic carbocycles. The van der Waals surface area contributed by atoms with Gasteiger partial charge in [-0.2, -0.15) is 0 Å². The van der Waals surface area contributed by atoms with Crippen LogP contribution in [0.2, 0.25) is 5.02 Å². The lowest BCUT2D eigenvalue weighted by atomic mass is 10.1. The molecule has 0 spiro atoms. The highest BCUT2D eigenvalue weighted by atomic mass is 35.5. The van der Waals surface area contributed by atoms with Crippen molar-refractivity contribution < 1.29 is 29.2 Å². The third-order valence-electron chi connectivity index (χ3n) is 5.32. The predicted octanol–water partition coefficient (Wildman–Crippen LogP) is 4.12. The summed E-state index contributed by atoms with van der Waals surface area (Å²) in [5.74, 6) is -1.63. The maximum absolute atomic E-state index is 13.7. The number of hydrogen-bond acceptors (Lipinski definition) is 7. The van der Waals surface area contributed by atoms with Gasteiger partial charge in [0.2, 0.25) is 0 Å². The Morgan fingerprint density at radius 2 is 1.83 bits per heavy atom. The van der Waals surface area contributed by atoms with Crippen molar-refractivity contribution in [3.63, 3.8) is 0 Å². The van der Waals surface area contributed by atoms with Gasteiger partial charge in [0.15, 0.2) is 5.82 Å². The highest BCUT2D eigenvalue weighted by molar-refractivity contribution is 6.32. The van der Waals surface area contributed by atoms with Gasteiger partial charge in [-0.15, -0.1) is 5.10 Å². The van der Waals surface area contributed by atoms with Crippen LogP contribution in [0.25, 0.3) is 17.1 Å². The molecule has 1 heterocycles. The van der Waals surface area contributed by atoms with Gasteiger partial charge in [-0.05, 0) is 36.4 Å². The van der Waals surface area contributed by atoms with Gasteiger partial charge in [0.05, 0.1) is 28.9 Å². The first-order chi connectivity index (χ1) is 16.7. The number of aromatic nitrogens is 3. The van der Waals surface area contributed by atoms with Gasteiger partial charge in [0.25, 0.3) is 5.91 Å². The molecule has 0 fully saturated rings. The zero-order valence-electron chi connectivity index (χ0n) is 18.6. The molecule has 0 radical (unpaired) electrons. The van der Waals surface area contributed by atoms with Crippen molar-refractivity contribution >= 4 is 17.5 Å². The molecule has 4 aromatic rings. The molecule has 35 heavy (non-hydrogen) atoms. The van der Waals surface area contributed by atoms with Crippen LogP contribution in [0.1, 0.15) is 15.9 Å². The van der Waals surface area contributed by atoms with Crippen LogP contribution in [0.15, 0.2) is 54.6 Å². The number of amides is 1. The number of phenols is 2. The number of phenolic OH excluding ortho intramolecular Hbond substituents is 2. The summed E-state index contributed by atoms with van der Waals surface area (Å²) < 4.78 is 20.2. The molecule has 3 aromatic carbocycles. The average molecular weight is 499 g/mol. The van der Waals surface area contributed by atoms with Gasteiger partial charge in [0.1, 0.15) is 23.1 Å². The lowest BCUT2D eigenvalue weighted by Gasteiger charge is -2.20. The first-order valence-corrected chi connectivity index (χ1v) is 10.6. The minimum Gasteiger partial charge on any atom is -0.507 e. The Hall–Kier alpha value is -4.31. The van der Waals surface area contributed by atoms with Crippen LogP contribution in [0, 0.1) is 5.82 Å². The van der Waals surface area contributed by atoms with Gasteiger partial charge in [-0.1, -0.05) is 28.8 Å². The lowest BCUT2D eigenvalue weighted by molar-refractivity contribution is 0.0781. The van der Waals surface area contributed by atoms with Crippen molar-refractivity contribution in [3.05, 3.63) is 76.6 Å². The number of hydrogen-bond donors (Lipinski definition) is 3. The van der Waals surface area contributed by atoms with Gasteiger partial charge in [-0.3, -0.25) is 4.79 Å². The Morgan fingerprint density at radius 1 is 1.09 bits per heavy atom. The molecular weight excluding hydrogens is 479 g/mol. The van der Waals surface area contributed by atoms with Crippen molar-refractivity contribution in [1.29, 1.82) is 0 Å². The Balaban J connectivity index is 1.75. The van der Waals surface area contributed by atoms with Crippen LogP contribution in [-0.2, 0) is 6.54 Å². The quantitative estimate of drug-likeness (QED) is 0.365. The minimum atomic E-state index is -0.622. The van der Waals surface area contributed by atoms with E-state index in [2.05, 4.69) is 10.2 Å². The Bertz CT molecular complexity index is 1430. The number of carbonyl (C=O) groups excluding carboxylic acids is 1. The highest BCUT2D eigenvalue weighted by Gasteiger charge is 2.25. The number of methoxy groups -OCH3 is 1. The van der Waals surface area contributed by atoms with Crippen LogP contribution >= 0.6 is 11.6 Å². The molecule has 9 nitrogen and oxygen atoms in total. The van der Waals surface area contributed by atoms with Crippen molar-refractivity contribution in [3.8, 4) is 40.3 Å². The largest absolute Gasteiger partial charge is 0.507 e. The van der Waals surface area contributed by atoms with E-state index in [0.29, 0.717) is 17.0 Å². The van der Waals surface area contributed by atoms with Gasteiger partial charge < -0.3 is 25.0 Å². The second-order valence-electron chi connectivity index (χ2n) is 7.61. The van der Waals surface area contributed by atoms with E-state index in [1.54, 1.807) is 24.3 Å². The maximum Gasteiger partial charge on any atom is 0.319 e. The van der Waals surface area contributed by atoms with Crippen LogP contribution in [0.3, 0.4) is 0 Å². The topological polar surface area (TPSA) is 121 Å². The van der Waals surface area contributed by atoms with E-state index in [9.17, 15) is 24.5 Å². The average Bonchev–Trinajstić information content (AvgIpc) is 3.20. The third-order valence-corrected chi connectivity index (χ3v) is 5.64. The Morgan fingerprint density at radius 3 is 2.54 bits per heavy atom. The zero-order valence-corrected chi connectivity index (χ0v) is 19.4. The van der Waals surface area contributed by atoms with E-state index in [1.165, 1.54) is 47.9 Å². The number of benzene rings is 3. The van der Waals surface area contributed by atoms with E-state index in [-0.39, 0.29) is 28.5 Å². The third kappa shape index (κ3) is 4.56. The summed E-state index contributed by atoms with van der Waals surface area (Å²) in [6.07, 6.45) is 0. The van der Waals surface area contributed by atoms with Crippen molar-refractivity contribution in [2.75, 3.05) is 14.2 Å². The van der Waals surface area contributed by atoms with Crippen LogP contribution in [0.5, 0.6) is 23.3 Å². The van der Waals surface area contributed by atoms with Gasteiger partial charge in [0, 0.05) is 25.2 Å². The molecule has 180 valence electrons. The second kappa shape index (κ2) is 9.51. The zero-order chi connectivity index (χ0) is 25.3. The summed E-state index contributed by atoms with van der Waals surface area (Å²) in [5.41, 5.74) is 0.604. The normalized spacial score (nSPS) is 10.9. The van der Waals surface area contributed by atoms with Gasteiger partial charge >= 0.3 is 6.01 Å². The van der Waals surface area contributed by atoms with Crippen LogP contribution in [-0.4, -0.2) is 55.0 Å². The monoisotopic (exact) mass is 498 g/mol. The van der Waals surface area contributed by atoms with E-state index in [4.69, 9.17) is 16.3 Å². The summed E-state index contributed by atoms with van der Waals surface area (Å²) in [7, 11) is 2.90. The number of ether oxygens (including phenoxy) is 1. The SMILES string of the molecule is COc1ccc(F)cc1CN(C)C(=O)c1cc(-c2nnc(O)n2-c2ccccc2Cl)c(O)cc1O. The minimum absolute atomic E-state index is 0.00982. The molecule has 1 aromatic heterocycles. The number of nitrogens with zero attached hydrogens (tertiary/aromatic N) is 4. The van der Waals surface area contributed by atoms with E-state index < -0.39 is 29.2 Å². The van der Waals surface area contributed by atoms with E-state index in [0.717, 1.165) is 6.07 Å². The number of halogens is 2. The summed E-state index contributed by atoms with van der Waals surface area (Å²) in [6, 6.07) is 12.3. The maximum atomic E-state index is 13.7. The molecular formula is C24H20ClFN4O5. The summed E-state index contributed by atoms with van der Waals surface area (Å²) >= 11 is 6.26. The molecule has 3 N–H and O–H groups in total. The predicted molar refractivity (Wildman–Crippen MR) is 126 cm³/mol. The number of carbonyl (C=O) groups is 1. The molecule has 0 atom stereocenters. The molecule has 0 unspecified atom stereocenters. The summed E-state index contributed by atoms with van der Waals surface area (Å²) in [5, 5.41) is 39.1. The van der Waals surface area contributed by atoms with Crippen LogP contribution < -0.4 is 4.74 Å². The van der Waals surface area contributed by atoms with Crippen molar-refractivity contribution in [1.82, 2.24) is 19.7 Å². The lowest BCUT2D eigenvalue weighted by Crippen LogP contribution is -2.26. The molecule has 0 aliphatic heterocycles. The Labute approximate surface area is 204 Å². The number of aromatic hydroxyl groups is 3. The van der Waals surface area contributed by atoms with Gasteiger partial charge in [-0.25, -0.2) is 8.96 Å². The molecule has 4 rings (SSSR count). The fourth-order valence-corrected chi connectivity index (χ4v) is 3.86. The van der Waals surface area contributed by atoms with Crippen LogP contribution in [0.4, 0.5) is 4.39 Å². The smallest absolute Gasteiger partial charge is 0.319 e. The molecule has 11 heteroatoms.